The molecule has 134 valence electrons. The average Bonchev–Trinajstić information content (AvgIpc) is 2.55. The van der Waals surface area contributed by atoms with Gasteiger partial charge in [0.25, 0.3) is 5.91 Å². The lowest BCUT2D eigenvalue weighted by Gasteiger charge is -2.29. The molecule has 0 atom stereocenters. The van der Waals surface area contributed by atoms with Crippen LogP contribution in [0.1, 0.15) is 63.2 Å². The third kappa shape index (κ3) is 4.80. The van der Waals surface area contributed by atoms with E-state index in [1.54, 1.807) is 7.11 Å². The van der Waals surface area contributed by atoms with Gasteiger partial charge in [0.1, 0.15) is 5.82 Å². The summed E-state index contributed by atoms with van der Waals surface area (Å²) in [4.78, 5) is 20.4. The molecule has 1 aromatic rings. The number of aromatic nitrogens is 2. The van der Waals surface area contributed by atoms with E-state index in [-0.39, 0.29) is 5.54 Å². The van der Waals surface area contributed by atoms with Crippen molar-refractivity contribution in [3.63, 3.8) is 0 Å². The van der Waals surface area contributed by atoms with Gasteiger partial charge in [0.15, 0.2) is 0 Å². The third-order valence-corrected chi connectivity index (χ3v) is 4.74. The first-order valence-electron chi connectivity index (χ1n) is 8.59. The Balaban J connectivity index is 2.12. The maximum atomic E-state index is 11.6. The summed E-state index contributed by atoms with van der Waals surface area (Å²) in [6, 6.07) is 0.322. The van der Waals surface area contributed by atoms with E-state index in [1.807, 2.05) is 0 Å². The molecule has 2 rings (SSSR count). The Morgan fingerprint density at radius 2 is 2.04 bits per heavy atom. The molecular formula is C17H29N5O2. The van der Waals surface area contributed by atoms with E-state index in [1.165, 1.54) is 6.20 Å². The SMILES string of the molecule is CCC(C)(C)Nc1nc(N[C@H]2CC[C@H](OC)CC2)ncc1C(N)=O. The zero-order valence-corrected chi connectivity index (χ0v) is 15.1. The number of hydrogen-bond donors (Lipinski definition) is 3. The van der Waals surface area contributed by atoms with Crippen molar-refractivity contribution in [1.82, 2.24) is 9.97 Å². The zero-order chi connectivity index (χ0) is 17.7. The van der Waals surface area contributed by atoms with Gasteiger partial charge in [-0.2, -0.15) is 4.98 Å². The van der Waals surface area contributed by atoms with Crippen molar-refractivity contribution in [2.75, 3.05) is 17.7 Å². The minimum Gasteiger partial charge on any atom is -0.381 e. The molecule has 0 radical (unpaired) electrons. The van der Waals surface area contributed by atoms with Crippen molar-refractivity contribution in [1.29, 1.82) is 0 Å². The Bertz CT molecular complexity index is 568. The molecule has 7 heteroatoms. The molecule has 0 bridgehead atoms. The molecule has 1 saturated carbocycles. The Labute approximate surface area is 143 Å². The largest absolute Gasteiger partial charge is 0.381 e. The highest BCUT2D eigenvalue weighted by Gasteiger charge is 2.23. The first-order valence-corrected chi connectivity index (χ1v) is 8.59. The van der Waals surface area contributed by atoms with Gasteiger partial charge in [-0.15, -0.1) is 0 Å². The molecule has 0 spiro atoms. The minimum atomic E-state index is -0.531. The molecule has 1 aliphatic rings. The fraction of sp³-hybridized carbons (Fsp3) is 0.706. The highest BCUT2D eigenvalue weighted by atomic mass is 16.5. The van der Waals surface area contributed by atoms with Gasteiger partial charge >= 0.3 is 0 Å². The maximum absolute atomic E-state index is 11.6. The number of hydrogen-bond acceptors (Lipinski definition) is 6. The molecule has 0 aromatic carbocycles. The molecular weight excluding hydrogens is 306 g/mol. The van der Waals surface area contributed by atoms with Crippen molar-refractivity contribution in [2.45, 2.75) is 70.6 Å². The Morgan fingerprint density at radius 3 is 2.58 bits per heavy atom. The smallest absolute Gasteiger partial charge is 0.254 e. The van der Waals surface area contributed by atoms with Gasteiger partial charge in [-0.3, -0.25) is 4.79 Å². The number of nitrogens with two attached hydrogens (primary N) is 1. The highest BCUT2D eigenvalue weighted by molar-refractivity contribution is 5.97. The van der Waals surface area contributed by atoms with Gasteiger partial charge in [-0.1, -0.05) is 6.92 Å². The van der Waals surface area contributed by atoms with Crippen molar-refractivity contribution < 1.29 is 9.53 Å². The molecule has 0 unspecified atom stereocenters. The fourth-order valence-electron chi connectivity index (χ4n) is 2.76. The van der Waals surface area contributed by atoms with E-state index in [2.05, 4.69) is 41.4 Å². The van der Waals surface area contributed by atoms with Gasteiger partial charge in [0, 0.05) is 24.9 Å². The second-order valence-corrected chi connectivity index (χ2v) is 7.04. The highest BCUT2D eigenvalue weighted by Crippen LogP contribution is 2.24. The van der Waals surface area contributed by atoms with Crippen LogP contribution in [0.5, 0.6) is 0 Å². The van der Waals surface area contributed by atoms with Crippen LogP contribution < -0.4 is 16.4 Å². The summed E-state index contributed by atoms with van der Waals surface area (Å²) in [6.07, 6.45) is 6.82. The van der Waals surface area contributed by atoms with Crippen LogP contribution in [-0.2, 0) is 4.74 Å². The molecule has 1 fully saturated rings. The number of carbonyl (C=O) groups is 1. The zero-order valence-electron chi connectivity index (χ0n) is 15.1. The summed E-state index contributed by atoms with van der Waals surface area (Å²) in [5.74, 6) is 0.476. The number of nitrogens with one attached hydrogen (secondary N) is 2. The summed E-state index contributed by atoms with van der Waals surface area (Å²) in [6.45, 7) is 6.18. The normalized spacial score (nSPS) is 21.3. The molecule has 1 amide bonds. The van der Waals surface area contributed by atoms with E-state index in [0.717, 1.165) is 32.1 Å². The van der Waals surface area contributed by atoms with Crippen molar-refractivity contribution >= 4 is 17.7 Å². The van der Waals surface area contributed by atoms with Crippen LogP contribution in [0.15, 0.2) is 6.20 Å². The summed E-state index contributed by atoms with van der Waals surface area (Å²) in [7, 11) is 1.76. The van der Waals surface area contributed by atoms with E-state index in [0.29, 0.717) is 29.5 Å². The predicted molar refractivity (Wildman–Crippen MR) is 95.2 cm³/mol. The number of amides is 1. The lowest BCUT2D eigenvalue weighted by atomic mass is 9.93. The van der Waals surface area contributed by atoms with E-state index < -0.39 is 5.91 Å². The van der Waals surface area contributed by atoms with E-state index >= 15 is 0 Å². The van der Waals surface area contributed by atoms with Gasteiger partial charge in [-0.05, 0) is 46.0 Å². The summed E-state index contributed by atoms with van der Waals surface area (Å²) in [5, 5.41) is 6.67. The van der Waals surface area contributed by atoms with Crippen molar-refractivity contribution in [2.24, 2.45) is 5.73 Å². The van der Waals surface area contributed by atoms with Crippen LogP contribution in [-0.4, -0.2) is 40.7 Å². The fourth-order valence-corrected chi connectivity index (χ4v) is 2.76. The monoisotopic (exact) mass is 335 g/mol. The molecule has 1 aliphatic carbocycles. The van der Waals surface area contributed by atoms with Gasteiger partial charge in [0.2, 0.25) is 5.95 Å². The standard InChI is InChI=1S/C17H29N5O2/c1-5-17(2,3)22-15-13(14(18)23)10-19-16(21-15)20-11-6-8-12(24-4)9-7-11/h10-12H,5-9H2,1-4H3,(H2,18,23)(H2,19,20,21,22)/t11-,12-. The number of anilines is 2. The quantitative estimate of drug-likeness (QED) is 0.708. The third-order valence-electron chi connectivity index (χ3n) is 4.74. The summed E-state index contributed by atoms with van der Waals surface area (Å²) < 4.78 is 5.40. The number of primary amides is 1. The van der Waals surface area contributed by atoms with Crippen molar-refractivity contribution in [3.8, 4) is 0 Å². The molecule has 0 saturated heterocycles. The molecule has 1 aromatic heterocycles. The van der Waals surface area contributed by atoms with E-state index in [9.17, 15) is 4.79 Å². The number of carbonyl (C=O) groups excluding carboxylic acids is 1. The lowest BCUT2D eigenvalue weighted by molar-refractivity contribution is 0.0681. The molecule has 4 N–H and O–H groups in total. The maximum Gasteiger partial charge on any atom is 0.254 e. The topological polar surface area (TPSA) is 102 Å². The number of nitrogens with zero attached hydrogens (tertiary/aromatic N) is 2. The number of methoxy groups -OCH3 is 1. The van der Waals surface area contributed by atoms with Crippen molar-refractivity contribution in [3.05, 3.63) is 11.8 Å². The van der Waals surface area contributed by atoms with Crippen LogP contribution >= 0.6 is 0 Å². The second kappa shape index (κ2) is 7.79. The van der Waals surface area contributed by atoms with E-state index in [4.69, 9.17) is 10.5 Å². The van der Waals surface area contributed by atoms with Crippen LogP contribution in [0.4, 0.5) is 11.8 Å². The molecule has 0 aliphatic heterocycles. The predicted octanol–water partition coefficient (Wildman–Crippen LogP) is 2.55. The van der Waals surface area contributed by atoms with Gasteiger partial charge in [0.05, 0.1) is 11.7 Å². The van der Waals surface area contributed by atoms with Crippen LogP contribution in [0, 0.1) is 0 Å². The average molecular weight is 335 g/mol. The number of rotatable bonds is 7. The first-order chi connectivity index (χ1) is 11.3. The van der Waals surface area contributed by atoms with Crippen LogP contribution in [0.2, 0.25) is 0 Å². The second-order valence-electron chi connectivity index (χ2n) is 7.04. The minimum absolute atomic E-state index is 0.188. The molecule has 1 heterocycles. The van der Waals surface area contributed by atoms with Gasteiger partial charge < -0.3 is 21.1 Å². The summed E-state index contributed by atoms with van der Waals surface area (Å²) in [5.41, 5.74) is 5.57. The van der Waals surface area contributed by atoms with Crippen LogP contribution in [0.3, 0.4) is 0 Å². The first kappa shape index (κ1) is 18.4. The molecule has 7 nitrogen and oxygen atoms in total. The Morgan fingerprint density at radius 1 is 1.38 bits per heavy atom. The molecule has 24 heavy (non-hydrogen) atoms. The summed E-state index contributed by atoms with van der Waals surface area (Å²) >= 11 is 0. The Kier molecular flexibility index (Phi) is 5.99. The van der Waals surface area contributed by atoms with Crippen LogP contribution in [0.25, 0.3) is 0 Å². The lowest BCUT2D eigenvalue weighted by Crippen LogP contribution is -2.33. The Hall–Kier alpha value is -1.89. The van der Waals surface area contributed by atoms with Gasteiger partial charge in [-0.25, -0.2) is 4.98 Å². The number of ether oxygens (including phenoxy) is 1.